The number of nitrogens with two attached hydrogens (primary N) is 1. The number of carbonyl (C=O) groups excluding carboxylic acids is 1. The minimum atomic E-state index is -4.92. The van der Waals surface area contributed by atoms with Crippen molar-refractivity contribution in [1.29, 1.82) is 0 Å². The van der Waals surface area contributed by atoms with Crippen LogP contribution in [-0.2, 0) is 4.79 Å². The van der Waals surface area contributed by atoms with E-state index in [1.165, 1.54) is 24.3 Å². The molecule has 1 amide bonds. The fraction of sp³-hybridized carbons (Fsp3) is 0.182. The van der Waals surface area contributed by atoms with Crippen LogP contribution >= 0.6 is 12.2 Å². The number of rotatable bonds is 3. The van der Waals surface area contributed by atoms with E-state index in [1.54, 1.807) is 12.2 Å². The summed E-state index contributed by atoms with van der Waals surface area (Å²) >= 11 is 4.57. The van der Waals surface area contributed by atoms with Gasteiger partial charge in [0.1, 0.15) is 0 Å². The number of anilines is 1. The molecule has 1 rings (SSSR count). The van der Waals surface area contributed by atoms with Crippen LogP contribution in [0.3, 0.4) is 0 Å². The molecule has 1 aromatic rings. The highest BCUT2D eigenvalue weighted by Gasteiger charge is 2.38. The van der Waals surface area contributed by atoms with E-state index in [1.807, 2.05) is 0 Å². The second kappa shape index (κ2) is 6.33. The lowest BCUT2D eigenvalue weighted by molar-refractivity contribution is -0.167. The fourth-order valence-corrected chi connectivity index (χ4v) is 1.25. The minimum Gasteiger partial charge on any atom is -0.375 e. The lowest BCUT2D eigenvalue weighted by Gasteiger charge is -2.08. The Bertz CT molecular complexity index is 540. The summed E-state index contributed by atoms with van der Waals surface area (Å²) in [5.41, 5.74) is 8.79. The molecular weight excluding hydrogens is 293 g/mol. The van der Waals surface area contributed by atoms with E-state index in [9.17, 15) is 18.0 Å². The topological polar surface area (TPSA) is 79.5 Å². The summed E-state index contributed by atoms with van der Waals surface area (Å²) in [4.78, 5) is 10.7. The first-order valence-electron chi connectivity index (χ1n) is 5.28. The molecule has 108 valence electrons. The molecule has 0 aliphatic carbocycles. The molecular formula is C11H11F3N4OS. The Morgan fingerprint density at radius 1 is 1.30 bits per heavy atom. The molecule has 0 aliphatic heterocycles. The van der Waals surface area contributed by atoms with Crippen molar-refractivity contribution in [3.05, 3.63) is 29.8 Å². The highest BCUT2D eigenvalue weighted by Crippen LogP contribution is 2.18. The van der Waals surface area contributed by atoms with Crippen LogP contribution in [0.4, 0.5) is 18.9 Å². The zero-order chi connectivity index (χ0) is 15.3. The number of nitrogens with zero attached hydrogens (tertiary/aromatic N) is 1. The number of thiocarbonyl (C=S) groups is 1. The molecule has 1 aromatic carbocycles. The van der Waals surface area contributed by atoms with Gasteiger partial charge in [0, 0.05) is 5.69 Å². The van der Waals surface area contributed by atoms with Gasteiger partial charge in [-0.2, -0.15) is 18.3 Å². The van der Waals surface area contributed by atoms with Gasteiger partial charge < -0.3 is 11.1 Å². The minimum absolute atomic E-state index is 0.00147. The summed E-state index contributed by atoms with van der Waals surface area (Å²) in [5.74, 6) is -2.02. The third-order valence-electron chi connectivity index (χ3n) is 2.15. The molecule has 5 nitrogen and oxygen atoms in total. The zero-order valence-electron chi connectivity index (χ0n) is 10.3. The molecule has 20 heavy (non-hydrogen) atoms. The van der Waals surface area contributed by atoms with Gasteiger partial charge in [-0.1, -0.05) is 12.1 Å². The first-order valence-corrected chi connectivity index (χ1v) is 5.69. The maximum atomic E-state index is 12.1. The number of halogens is 3. The number of nitrogens with one attached hydrogen (secondary N) is 2. The lowest BCUT2D eigenvalue weighted by Crippen LogP contribution is -2.29. The quantitative estimate of drug-likeness (QED) is 0.451. The molecule has 0 radical (unpaired) electrons. The van der Waals surface area contributed by atoms with Crippen molar-refractivity contribution in [2.45, 2.75) is 13.1 Å². The molecule has 9 heteroatoms. The van der Waals surface area contributed by atoms with E-state index < -0.39 is 12.1 Å². The van der Waals surface area contributed by atoms with Crippen LogP contribution < -0.4 is 16.5 Å². The highest BCUT2D eigenvalue weighted by molar-refractivity contribution is 7.80. The maximum Gasteiger partial charge on any atom is 0.471 e. The molecule has 0 bridgehead atoms. The van der Waals surface area contributed by atoms with Crippen molar-refractivity contribution in [3.63, 3.8) is 0 Å². The predicted octanol–water partition coefficient (Wildman–Crippen LogP) is 1.74. The third-order valence-corrected chi connectivity index (χ3v) is 2.24. The summed E-state index contributed by atoms with van der Waals surface area (Å²) in [6, 6.07) is 5.68. The SMILES string of the molecule is CC(=NNC(N)=S)c1ccc(NC(=O)C(F)(F)F)cc1. The van der Waals surface area contributed by atoms with Gasteiger partial charge in [-0.05, 0) is 36.8 Å². The summed E-state index contributed by atoms with van der Waals surface area (Å²) in [6.45, 7) is 1.66. The zero-order valence-corrected chi connectivity index (χ0v) is 11.1. The standard InChI is InChI=1S/C11H11F3N4OS/c1-6(17-18-10(15)20)7-2-4-8(5-3-7)16-9(19)11(12,13)14/h2-5H,1H3,(H,16,19)(H3,15,18,20). The monoisotopic (exact) mass is 304 g/mol. The van der Waals surface area contributed by atoms with Gasteiger partial charge in [-0.3, -0.25) is 10.2 Å². The normalized spacial score (nSPS) is 11.9. The molecule has 0 fully saturated rings. The lowest BCUT2D eigenvalue weighted by atomic mass is 10.1. The van der Waals surface area contributed by atoms with Gasteiger partial charge in [0.25, 0.3) is 0 Å². The number of hydrazone groups is 1. The van der Waals surface area contributed by atoms with Gasteiger partial charge in [0.15, 0.2) is 5.11 Å². The van der Waals surface area contributed by atoms with Gasteiger partial charge in [0.05, 0.1) is 5.71 Å². The smallest absolute Gasteiger partial charge is 0.375 e. The molecule has 0 aliphatic rings. The van der Waals surface area contributed by atoms with E-state index >= 15 is 0 Å². The van der Waals surface area contributed by atoms with Gasteiger partial charge in [-0.15, -0.1) is 0 Å². The molecule has 4 N–H and O–H groups in total. The van der Waals surface area contributed by atoms with Crippen LogP contribution in [0.25, 0.3) is 0 Å². The number of alkyl halides is 3. The van der Waals surface area contributed by atoms with E-state index in [0.29, 0.717) is 11.3 Å². The number of benzene rings is 1. The second-order valence-electron chi connectivity index (χ2n) is 3.70. The highest BCUT2D eigenvalue weighted by atomic mass is 32.1. The van der Waals surface area contributed by atoms with Crippen LogP contribution in [0, 0.1) is 0 Å². The Hall–Kier alpha value is -2.16. The third kappa shape index (κ3) is 4.84. The van der Waals surface area contributed by atoms with Gasteiger partial charge in [-0.25, -0.2) is 0 Å². The van der Waals surface area contributed by atoms with Crippen LogP contribution in [-0.4, -0.2) is 22.9 Å². The van der Waals surface area contributed by atoms with Crippen molar-refractivity contribution in [1.82, 2.24) is 5.43 Å². The number of carbonyl (C=O) groups is 1. The molecule has 0 saturated carbocycles. The van der Waals surface area contributed by atoms with Crippen LogP contribution in [0.5, 0.6) is 0 Å². The second-order valence-corrected chi connectivity index (χ2v) is 4.14. The van der Waals surface area contributed by atoms with Crippen molar-refractivity contribution >= 4 is 34.6 Å². The van der Waals surface area contributed by atoms with E-state index in [2.05, 4.69) is 22.7 Å². The average Bonchev–Trinajstić information content (AvgIpc) is 2.35. The number of hydrogen-bond donors (Lipinski definition) is 3. The Morgan fingerprint density at radius 2 is 1.85 bits per heavy atom. The van der Waals surface area contributed by atoms with E-state index in [-0.39, 0.29) is 10.8 Å². The average molecular weight is 304 g/mol. The van der Waals surface area contributed by atoms with E-state index in [0.717, 1.165) is 0 Å². The van der Waals surface area contributed by atoms with E-state index in [4.69, 9.17) is 5.73 Å². The first-order chi connectivity index (χ1) is 9.20. The summed E-state index contributed by atoms with van der Waals surface area (Å²) in [6.07, 6.45) is -4.92. The predicted molar refractivity (Wildman–Crippen MR) is 73.3 cm³/mol. The summed E-state index contributed by atoms with van der Waals surface area (Å²) in [7, 11) is 0. The first kappa shape index (κ1) is 15.9. The maximum absolute atomic E-state index is 12.1. The van der Waals surface area contributed by atoms with Crippen LogP contribution in [0.1, 0.15) is 12.5 Å². The largest absolute Gasteiger partial charge is 0.471 e. The van der Waals surface area contributed by atoms with Crippen LogP contribution in [0.2, 0.25) is 0 Å². The molecule has 0 saturated heterocycles. The van der Waals surface area contributed by atoms with Crippen molar-refractivity contribution in [2.24, 2.45) is 10.8 Å². The van der Waals surface area contributed by atoms with Gasteiger partial charge in [0.2, 0.25) is 0 Å². The fourth-order valence-electron chi connectivity index (χ4n) is 1.20. The van der Waals surface area contributed by atoms with Gasteiger partial charge >= 0.3 is 12.1 Å². The summed E-state index contributed by atoms with van der Waals surface area (Å²) in [5, 5.41) is 5.59. The molecule has 0 spiro atoms. The Morgan fingerprint density at radius 3 is 2.30 bits per heavy atom. The number of amides is 1. The van der Waals surface area contributed by atoms with Crippen molar-refractivity contribution in [3.8, 4) is 0 Å². The Kier molecular flexibility index (Phi) is 5.03. The molecule has 0 aromatic heterocycles. The van der Waals surface area contributed by atoms with Crippen LogP contribution in [0.15, 0.2) is 29.4 Å². The summed E-state index contributed by atoms with van der Waals surface area (Å²) < 4.78 is 36.2. The Labute approximate surface area is 118 Å². The molecule has 0 heterocycles. The van der Waals surface area contributed by atoms with Crippen molar-refractivity contribution < 1.29 is 18.0 Å². The Balaban J connectivity index is 2.77. The van der Waals surface area contributed by atoms with Crippen molar-refractivity contribution in [2.75, 3.05) is 5.32 Å². The number of hydrogen-bond acceptors (Lipinski definition) is 3. The molecule has 0 unspecified atom stereocenters. The molecule has 0 atom stereocenters.